The number of nitrogens with one attached hydrogen (secondary N) is 2. The number of hydrogen-bond donors (Lipinski definition) is 2. The van der Waals surface area contributed by atoms with Gasteiger partial charge >= 0.3 is 0 Å². The van der Waals surface area contributed by atoms with Gasteiger partial charge in [-0.25, -0.2) is 0 Å². The molecule has 0 aromatic heterocycles. The molecule has 1 aliphatic carbocycles. The molecule has 0 bridgehead atoms. The molecule has 1 fully saturated rings. The molecule has 1 saturated carbocycles. The fourth-order valence-corrected chi connectivity index (χ4v) is 3.15. The normalized spacial score (nSPS) is 21.0. The van der Waals surface area contributed by atoms with Crippen molar-refractivity contribution in [1.82, 2.24) is 10.9 Å². The minimum Gasteiger partial charge on any atom is -0.492 e. The van der Waals surface area contributed by atoms with Crippen molar-refractivity contribution in [2.24, 2.45) is 5.41 Å². The number of hydrogen-bond acceptors (Lipinski definition) is 3. The number of ether oxygens (including phenoxy) is 1. The number of carbonyl (C=O) groups excluding carboxylic acids is 2. The number of alkyl halides is 2. The molecule has 0 saturated heterocycles. The zero-order valence-corrected chi connectivity index (χ0v) is 15.8. The molecule has 2 rings (SSSR count). The SMILES string of the molecule is CC1(C(=O)NNC(=O)CCCOc2ccc(Cl)cc2Cl)CC1(Cl)Cl. The molecule has 1 aliphatic rings. The maximum Gasteiger partial charge on any atom is 0.247 e. The molecule has 5 nitrogen and oxygen atoms in total. The van der Waals surface area contributed by atoms with Gasteiger partial charge in [-0.3, -0.25) is 20.4 Å². The molecule has 1 aromatic rings. The summed E-state index contributed by atoms with van der Waals surface area (Å²) in [5.41, 5.74) is 3.78. The number of carbonyl (C=O) groups is 2. The second kappa shape index (κ2) is 7.56. The predicted molar refractivity (Wildman–Crippen MR) is 94.6 cm³/mol. The smallest absolute Gasteiger partial charge is 0.247 e. The summed E-state index contributed by atoms with van der Waals surface area (Å²) in [5.74, 6) is -0.254. The van der Waals surface area contributed by atoms with Crippen molar-refractivity contribution >= 4 is 58.2 Å². The van der Waals surface area contributed by atoms with E-state index in [0.29, 0.717) is 35.2 Å². The van der Waals surface area contributed by atoms with Gasteiger partial charge in [-0.2, -0.15) is 0 Å². The van der Waals surface area contributed by atoms with Crippen molar-refractivity contribution in [3.8, 4) is 5.75 Å². The molecule has 9 heteroatoms. The van der Waals surface area contributed by atoms with Gasteiger partial charge in [0, 0.05) is 11.4 Å². The van der Waals surface area contributed by atoms with Gasteiger partial charge in [-0.15, -0.1) is 23.2 Å². The average Bonchev–Trinajstić information content (AvgIpc) is 3.02. The number of amides is 2. The molecule has 1 aromatic carbocycles. The third-order valence-corrected chi connectivity index (χ3v) is 5.41. The summed E-state index contributed by atoms with van der Waals surface area (Å²) in [4.78, 5) is 23.6. The van der Waals surface area contributed by atoms with E-state index in [1.165, 1.54) is 0 Å². The summed E-state index contributed by atoms with van der Waals surface area (Å²) in [5, 5.41) is 0.923. The Morgan fingerprint density at radius 1 is 1.25 bits per heavy atom. The summed E-state index contributed by atoms with van der Waals surface area (Å²) in [6.45, 7) is 1.94. The lowest BCUT2D eigenvalue weighted by Crippen LogP contribution is -2.45. The van der Waals surface area contributed by atoms with E-state index in [-0.39, 0.29) is 12.3 Å². The second-order valence-electron chi connectivity index (χ2n) is 5.74. The van der Waals surface area contributed by atoms with Crippen LogP contribution in [0, 0.1) is 5.41 Å². The fraction of sp³-hybridized carbons (Fsp3) is 0.467. The summed E-state index contributed by atoms with van der Waals surface area (Å²) in [6.07, 6.45) is 0.975. The first kappa shape index (κ1) is 19.4. The number of halogens is 4. The number of rotatable bonds is 6. The highest BCUT2D eigenvalue weighted by molar-refractivity contribution is 6.53. The van der Waals surface area contributed by atoms with Crippen molar-refractivity contribution in [3.63, 3.8) is 0 Å². The first-order valence-electron chi connectivity index (χ1n) is 7.21. The van der Waals surface area contributed by atoms with Crippen LogP contribution in [0.4, 0.5) is 0 Å². The Balaban J connectivity index is 1.64. The lowest BCUT2D eigenvalue weighted by molar-refractivity contribution is -0.131. The Morgan fingerprint density at radius 3 is 2.50 bits per heavy atom. The van der Waals surface area contributed by atoms with Crippen LogP contribution in [0.15, 0.2) is 18.2 Å². The van der Waals surface area contributed by atoms with Gasteiger partial charge < -0.3 is 4.74 Å². The van der Waals surface area contributed by atoms with Gasteiger partial charge in [0.1, 0.15) is 10.1 Å². The van der Waals surface area contributed by atoms with E-state index >= 15 is 0 Å². The number of hydrazine groups is 1. The Kier molecular flexibility index (Phi) is 6.13. The van der Waals surface area contributed by atoms with E-state index in [4.69, 9.17) is 51.1 Å². The lowest BCUT2D eigenvalue weighted by Gasteiger charge is -2.13. The van der Waals surface area contributed by atoms with E-state index in [2.05, 4.69) is 10.9 Å². The maximum absolute atomic E-state index is 11.9. The molecular formula is C15H16Cl4N2O3. The fourth-order valence-electron chi connectivity index (χ4n) is 1.98. The van der Waals surface area contributed by atoms with Crippen molar-refractivity contribution < 1.29 is 14.3 Å². The molecule has 0 heterocycles. The lowest BCUT2D eigenvalue weighted by atomic mass is 10.1. The Bertz CT molecular complexity index is 654. The van der Waals surface area contributed by atoms with Gasteiger partial charge in [0.25, 0.3) is 0 Å². The zero-order valence-electron chi connectivity index (χ0n) is 12.8. The van der Waals surface area contributed by atoms with Gasteiger partial charge in [0.05, 0.1) is 17.0 Å². The van der Waals surface area contributed by atoms with Crippen LogP contribution in [-0.2, 0) is 9.59 Å². The minimum absolute atomic E-state index is 0.176. The topological polar surface area (TPSA) is 67.4 Å². The van der Waals surface area contributed by atoms with E-state index in [0.717, 1.165) is 0 Å². The first-order chi connectivity index (χ1) is 11.2. The van der Waals surface area contributed by atoms with Crippen LogP contribution < -0.4 is 15.6 Å². The molecule has 132 valence electrons. The maximum atomic E-state index is 11.9. The quantitative estimate of drug-likeness (QED) is 0.422. The van der Waals surface area contributed by atoms with Crippen LogP contribution in [0.25, 0.3) is 0 Å². The van der Waals surface area contributed by atoms with Crippen molar-refractivity contribution in [3.05, 3.63) is 28.2 Å². The molecular weight excluding hydrogens is 398 g/mol. The molecule has 1 unspecified atom stereocenters. The molecule has 0 radical (unpaired) electrons. The van der Waals surface area contributed by atoms with Crippen molar-refractivity contribution in [1.29, 1.82) is 0 Å². The summed E-state index contributed by atoms with van der Waals surface area (Å²) in [7, 11) is 0. The van der Waals surface area contributed by atoms with Gasteiger partial charge in [-0.05, 0) is 38.0 Å². The number of benzene rings is 1. The predicted octanol–water partition coefficient (Wildman–Crippen LogP) is 3.88. The van der Waals surface area contributed by atoms with Crippen LogP contribution in [0.1, 0.15) is 26.2 Å². The van der Waals surface area contributed by atoms with Crippen molar-refractivity contribution in [2.45, 2.75) is 30.5 Å². The second-order valence-corrected chi connectivity index (χ2v) is 8.07. The Labute approximate surface area is 159 Å². The molecule has 0 spiro atoms. The monoisotopic (exact) mass is 412 g/mol. The van der Waals surface area contributed by atoms with E-state index in [1.54, 1.807) is 25.1 Å². The van der Waals surface area contributed by atoms with E-state index < -0.39 is 15.7 Å². The molecule has 1 atom stereocenters. The van der Waals surface area contributed by atoms with E-state index in [1.807, 2.05) is 0 Å². The minimum atomic E-state index is -1.08. The largest absolute Gasteiger partial charge is 0.492 e. The third kappa shape index (κ3) is 4.60. The summed E-state index contributed by atoms with van der Waals surface area (Å²) < 4.78 is 4.39. The Hall–Kier alpha value is -0.880. The highest BCUT2D eigenvalue weighted by atomic mass is 35.5. The first-order valence-corrected chi connectivity index (χ1v) is 8.72. The summed E-state index contributed by atoms with van der Waals surface area (Å²) in [6, 6.07) is 4.90. The zero-order chi connectivity index (χ0) is 18.0. The van der Waals surface area contributed by atoms with E-state index in [9.17, 15) is 9.59 Å². The van der Waals surface area contributed by atoms with Gasteiger partial charge in [-0.1, -0.05) is 23.2 Å². The van der Waals surface area contributed by atoms with Crippen molar-refractivity contribution in [2.75, 3.05) is 6.61 Å². The van der Waals surface area contributed by atoms with Crippen LogP contribution in [0.5, 0.6) is 5.75 Å². The van der Waals surface area contributed by atoms with Crippen LogP contribution >= 0.6 is 46.4 Å². The standard InChI is InChI=1S/C15H16Cl4N2O3/c1-14(8-15(14,18)19)13(23)21-20-12(22)3-2-6-24-11-5-4-9(16)7-10(11)17/h4-5,7H,2-3,6,8H2,1H3,(H,20,22)(H,21,23). The highest BCUT2D eigenvalue weighted by Crippen LogP contribution is 2.63. The van der Waals surface area contributed by atoms with Gasteiger partial charge in [0.15, 0.2) is 0 Å². The molecule has 2 amide bonds. The van der Waals surface area contributed by atoms with Crippen LogP contribution in [0.2, 0.25) is 10.0 Å². The van der Waals surface area contributed by atoms with Gasteiger partial charge in [0.2, 0.25) is 11.8 Å². The molecule has 0 aliphatic heterocycles. The molecule has 24 heavy (non-hydrogen) atoms. The van der Waals surface area contributed by atoms with Crippen LogP contribution in [-0.4, -0.2) is 22.8 Å². The highest BCUT2D eigenvalue weighted by Gasteiger charge is 2.68. The summed E-state index contributed by atoms with van der Waals surface area (Å²) >= 11 is 23.6. The van der Waals surface area contributed by atoms with Crippen LogP contribution in [0.3, 0.4) is 0 Å². The Morgan fingerprint density at radius 2 is 1.92 bits per heavy atom. The molecule has 2 N–H and O–H groups in total. The average molecular weight is 414 g/mol. The third-order valence-electron chi connectivity index (χ3n) is 3.77.